The first-order chi connectivity index (χ1) is 6.24. The molecule has 0 aromatic heterocycles. The predicted octanol–water partition coefficient (Wildman–Crippen LogP) is 1.51. The number of hydrogen-bond donors (Lipinski definition) is 1. The van der Waals surface area contributed by atoms with Crippen LogP contribution in [0.2, 0.25) is 0 Å². The minimum atomic E-state index is -0.311. The Bertz CT molecular complexity index is 274. The van der Waals surface area contributed by atoms with Crippen LogP contribution in [0.1, 0.15) is 0 Å². The van der Waals surface area contributed by atoms with Gasteiger partial charge in [-0.05, 0) is 18.2 Å². The minimum Gasteiger partial charge on any atom is -0.306 e. The van der Waals surface area contributed by atoms with E-state index in [4.69, 9.17) is 4.84 Å². The Hall–Kier alpha value is -1.55. The molecular weight excluding hydrogens is 168 g/mol. The van der Waals surface area contributed by atoms with E-state index in [1.54, 1.807) is 24.3 Å². The van der Waals surface area contributed by atoms with Gasteiger partial charge in [0.15, 0.2) is 0 Å². The maximum absolute atomic E-state index is 11.2. The lowest BCUT2D eigenvalue weighted by atomic mass is 10.3. The van der Waals surface area contributed by atoms with Crippen molar-refractivity contribution < 1.29 is 9.63 Å². The van der Waals surface area contributed by atoms with Crippen molar-refractivity contribution in [1.82, 2.24) is 5.06 Å². The van der Waals surface area contributed by atoms with Crippen molar-refractivity contribution in [1.29, 1.82) is 0 Å². The fourth-order valence-corrected chi connectivity index (χ4v) is 0.755. The van der Waals surface area contributed by atoms with Crippen molar-refractivity contribution in [2.24, 2.45) is 0 Å². The normalized spacial score (nSPS) is 9.38. The number of anilines is 1. The molecule has 4 heteroatoms. The zero-order valence-electron chi connectivity index (χ0n) is 7.57. The second-order valence-electron chi connectivity index (χ2n) is 2.40. The van der Waals surface area contributed by atoms with Crippen LogP contribution in [0.4, 0.5) is 10.5 Å². The highest BCUT2D eigenvalue weighted by atomic mass is 16.7. The van der Waals surface area contributed by atoms with Gasteiger partial charge in [-0.2, -0.15) is 0 Å². The van der Waals surface area contributed by atoms with Gasteiger partial charge in [0, 0.05) is 12.7 Å². The number of carbonyl (C=O) groups excluding carboxylic acids is 1. The summed E-state index contributed by atoms with van der Waals surface area (Å²) in [4.78, 5) is 15.9. The number of nitrogens with zero attached hydrogens (tertiary/aromatic N) is 1. The van der Waals surface area contributed by atoms with Gasteiger partial charge in [0.1, 0.15) is 0 Å². The van der Waals surface area contributed by atoms with Gasteiger partial charge in [-0.15, -0.1) is 0 Å². The summed E-state index contributed by atoms with van der Waals surface area (Å²) < 4.78 is 0. The Morgan fingerprint density at radius 1 is 1.54 bits per heavy atom. The van der Waals surface area contributed by atoms with Crippen LogP contribution in [-0.4, -0.2) is 25.3 Å². The molecule has 1 N–H and O–H groups in total. The number of hydrogen-bond acceptors (Lipinski definition) is 2. The molecular formula is C9H11N2O2. The molecule has 0 unspecified atom stereocenters. The van der Waals surface area contributed by atoms with Crippen LogP contribution in [0, 0.1) is 6.07 Å². The Morgan fingerprint density at radius 3 is 2.69 bits per heavy atom. The quantitative estimate of drug-likeness (QED) is 0.699. The van der Waals surface area contributed by atoms with E-state index in [9.17, 15) is 4.79 Å². The summed E-state index contributed by atoms with van der Waals surface area (Å²) in [7, 11) is 2.96. The fourth-order valence-electron chi connectivity index (χ4n) is 0.755. The third-order valence-electron chi connectivity index (χ3n) is 1.53. The number of urea groups is 1. The zero-order chi connectivity index (χ0) is 9.68. The van der Waals surface area contributed by atoms with Crippen molar-refractivity contribution >= 4 is 11.7 Å². The van der Waals surface area contributed by atoms with E-state index in [0.29, 0.717) is 5.69 Å². The Balaban J connectivity index is 2.55. The number of amides is 2. The standard InChI is InChI=1S/C9H11N2O2/c1-11(13-2)9(12)10-8-6-4-3-5-7-8/h4-7H,1-2H3,(H,10,12). The van der Waals surface area contributed by atoms with Crippen LogP contribution in [0.3, 0.4) is 0 Å². The Kier molecular flexibility index (Phi) is 3.28. The molecule has 69 valence electrons. The maximum atomic E-state index is 11.2. The molecule has 1 radical (unpaired) electrons. The van der Waals surface area contributed by atoms with Crippen LogP contribution in [0.5, 0.6) is 0 Å². The molecule has 2 amide bonds. The molecule has 0 spiro atoms. The Morgan fingerprint density at radius 2 is 2.15 bits per heavy atom. The van der Waals surface area contributed by atoms with Gasteiger partial charge in [-0.25, -0.2) is 9.86 Å². The summed E-state index contributed by atoms with van der Waals surface area (Å²) >= 11 is 0. The molecule has 1 aromatic carbocycles. The first-order valence-corrected chi connectivity index (χ1v) is 3.79. The summed E-state index contributed by atoms with van der Waals surface area (Å²) in [6.45, 7) is 0. The summed E-state index contributed by atoms with van der Waals surface area (Å²) in [6, 6.07) is 9.49. The molecule has 0 aliphatic heterocycles. The summed E-state index contributed by atoms with van der Waals surface area (Å²) in [5.41, 5.74) is 0.715. The van der Waals surface area contributed by atoms with Crippen LogP contribution >= 0.6 is 0 Å². The topological polar surface area (TPSA) is 41.6 Å². The number of nitrogens with one attached hydrogen (secondary N) is 1. The number of hydroxylamine groups is 2. The van der Waals surface area contributed by atoms with Crippen molar-refractivity contribution in [2.75, 3.05) is 19.5 Å². The number of benzene rings is 1. The van der Waals surface area contributed by atoms with Gasteiger partial charge < -0.3 is 5.32 Å². The van der Waals surface area contributed by atoms with Crippen LogP contribution in [0.25, 0.3) is 0 Å². The lowest BCUT2D eigenvalue weighted by Crippen LogP contribution is -2.30. The van der Waals surface area contributed by atoms with Gasteiger partial charge in [0.2, 0.25) is 0 Å². The van der Waals surface area contributed by atoms with E-state index in [2.05, 4.69) is 11.4 Å². The second kappa shape index (κ2) is 4.47. The molecule has 4 nitrogen and oxygen atoms in total. The molecule has 0 saturated heterocycles. The zero-order valence-corrected chi connectivity index (χ0v) is 7.57. The van der Waals surface area contributed by atoms with Crippen molar-refractivity contribution in [2.45, 2.75) is 0 Å². The fraction of sp³-hybridized carbons (Fsp3) is 0.222. The lowest BCUT2D eigenvalue weighted by molar-refractivity contribution is -0.0598. The molecule has 0 saturated carbocycles. The highest BCUT2D eigenvalue weighted by Gasteiger charge is 2.06. The van der Waals surface area contributed by atoms with Crippen molar-refractivity contribution in [3.05, 3.63) is 30.3 Å². The molecule has 0 atom stereocenters. The van der Waals surface area contributed by atoms with Gasteiger partial charge in [-0.3, -0.25) is 4.84 Å². The summed E-state index contributed by atoms with van der Waals surface area (Å²) in [5.74, 6) is 0. The van der Waals surface area contributed by atoms with E-state index >= 15 is 0 Å². The Labute approximate surface area is 77.1 Å². The van der Waals surface area contributed by atoms with E-state index < -0.39 is 0 Å². The average Bonchev–Trinajstić information content (AvgIpc) is 2.18. The molecule has 13 heavy (non-hydrogen) atoms. The van der Waals surface area contributed by atoms with Crippen LogP contribution in [-0.2, 0) is 4.84 Å². The van der Waals surface area contributed by atoms with Gasteiger partial charge >= 0.3 is 6.03 Å². The molecule has 0 heterocycles. The van der Waals surface area contributed by atoms with Crippen LogP contribution in [0.15, 0.2) is 24.3 Å². The number of carbonyl (C=O) groups is 1. The monoisotopic (exact) mass is 179 g/mol. The second-order valence-corrected chi connectivity index (χ2v) is 2.40. The summed E-state index contributed by atoms with van der Waals surface area (Å²) in [5, 5.41) is 3.74. The third kappa shape index (κ3) is 2.76. The lowest BCUT2D eigenvalue weighted by Gasteiger charge is -2.14. The molecule has 1 aromatic rings. The molecule has 0 bridgehead atoms. The SMILES string of the molecule is CON(C)C(=O)Nc1cc[c]cc1. The van der Waals surface area contributed by atoms with Gasteiger partial charge in [-0.1, -0.05) is 12.1 Å². The van der Waals surface area contributed by atoms with Gasteiger partial charge in [0.05, 0.1) is 7.11 Å². The van der Waals surface area contributed by atoms with Crippen molar-refractivity contribution in [3.63, 3.8) is 0 Å². The summed E-state index contributed by atoms with van der Waals surface area (Å²) in [6.07, 6.45) is 0. The van der Waals surface area contributed by atoms with E-state index in [1.165, 1.54) is 14.2 Å². The molecule has 0 aliphatic rings. The first-order valence-electron chi connectivity index (χ1n) is 3.79. The minimum absolute atomic E-state index is 0.311. The third-order valence-corrected chi connectivity index (χ3v) is 1.53. The smallest absolute Gasteiger partial charge is 0.306 e. The van der Waals surface area contributed by atoms with Gasteiger partial charge in [0.25, 0.3) is 0 Å². The molecule has 0 aliphatic carbocycles. The average molecular weight is 179 g/mol. The molecule has 1 rings (SSSR count). The number of rotatable bonds is 2. The molecule has 0 fully saturated rings. The highest BCUT2D eigenvalue weighted by molar-refractivity contribution is 5.88. The first kappa shape index (κ1) is 9.54. The largest absolute Gasteiger partial charge is 0.345 e. The predicted molar refractivity (Wildman–Crippen MR) is 49.1 cm³/mol. The van der Waals surface area contributed by atoms with Crippen LogP contribution < -0.4 is 5.32 Å². The van der Waals surface area contributed by atoms with E-state index in [0.717, 1.165) is 5.06 Å². The van der Waals surface area contributed by atoms with E-state index in [-0.39, 0.29) is 6.03 Å². The van der Waals surface area contributed by atoms with E-state index in [1.807, 2.05) is 0 Å². The highest BCUT2D eigenvalue weighted by Crippen LogP contribution is 2.05. The van der Waals surface area contributed by atoms with Crippen molar-refractivity contribution in [3.8, 4) is 0 Å². The maximum Gasteiger partial charge on any atom is 0.345 e.